The number of fused-ring (bicyclic) bond motifs is 1. The van der Waals surface area contributed by atoms with Crippen molar-refractivity contribution in [1.82, 2.24) is 9.47 Å². The first-order valence-electron chi connectivity index (χ1n) is 8.12. The van der Waals surface area contributed by atoms with Crippen molar-refractivity contribution in [3.8, 4) is 0 Å². The molecule has 130 valence electrons. The molecule has 1 fully saturated rings. The second-order valence-corrected chi connectivity index (χ2v) is 6.54. The Morgan fingerprint density at radius 3 is 2.60 bits per heavy atom. The molecule has 25 heavy (non-hydrogen) atoms. The van der Waals surface area contributed by atoms with Gasteiger partial charge in [-0.15, -0.1) is 0 Å². The maximum absolute atomic E-state index is 13.9. The summed E-state index contributed by atoms with van der Waals surface area (Å²) in [4.78, 5) is 16.3. The molecule has 0 atom stereocenters. The van der Waals surface area contributed by atoms with Gasteiger partial charge in [0.15, 0.2) is 5.58 Å². The third-order valence-electron chi connectivity index (χ3n) is 4.54. The van der Waals surface area contributed by atoms with Gasteiger partial charge in [-0.05, 0) is 24.3 Å². The van der Waals surface area contributed by atoms with Crippen molar-refractivity contribution in [3.05, 3.63) is 63.9 Å². The molecule has 0 N–H and O–H groups in total. The van der Waals surface area contributed by atoms with E-state index in [-0.39, 0.29) is 5.82 Å². The van der Waals surface area contributed by atoms with Gasteiger partial charge in [0.05, 0.1) is 17.9 Å². The van der Waals surface area contributed by atoms with Crippen LogP contribution < -0.4 is 10.7 Å². The van der Waals surface area contributed by atoms with E-state index in [0.29, 0.717) is 36.1 Å². The predicted molar refractivity (Wildman–Crippen MR) is 95.7 cm³/mol. The van der Waals surface area contributed by atoms with Crippen molar-refractivity contribution < 1.29 is 8.81 Å². The summed E-state index contributed by atoms with van der Waals surface area (Å²) in [7, 11) is 0. The Morgan fingerprint density at radius 1 is 1.08 bits per heavy atom. The lowest BCUT2D eigenvalue weighted by molar-refractivity contribution is 0.201. The van der Waals surface area contributed by atoms with Gasteiger partial charge in [-0.2, -0.15) is 0 Å². The van der Waals surface area contributed by atoms with Crippen molar-refractivity contribution >= 4 is 28.4 Å². The molecule has 0 aliphatic carbocycles. The Balaban J connectivity index is 1.48. The fourth-order valence-electron chi connectivity index (χ4n) is 3.21. The van der Waals surface area contributed by atoms with E-state index in [2.05, 4.69) is 4.90 Å². The summed E-state index contributed by atoms with van der Waals surface area (Å²) in [6.45, 7) is 3.33. The summed E-state index contributed by atoms with van der Waals surface area (Å²) in [6.07, 6.45) is 0. The smallest absolute Gasteiger partial charge is 0.408 e. The number of aromatic nitrogens is 1. The highest BCUT2D eigenvalue weighted by Gasteiger charge is 2.21. The molecular formula is C18H17ClFN3O2. The monoisotopic (exact) mass is 361 g/mol. The maximum atomic E-state index is 13.9. The van der Waals surface area contributed by atoms with Crippen LogP contribution in [0, 0.1) is 5.82 Å². The van der Waals surface area contributed by atoms with Crippen LogP contribution in [0.1, 0.15) is 0 Å². The van der Waals surface area contributed by atoms with Crippen LogP contribution in [0.3, 0.4) is 0 Å². The highest BCUT2D eigenvalue weighted by molar-refractivity contribution is 6.31. The van der Waals surface area contributed by atoms with E-state index in [1.54, 1.807) is 34.9 Å². The summed E-state index contributed by atoms with van der Waals surface area (Å²) in [5, 5.41) is 0.534. The third kappa shape index (κ3) is 3.15. The van der Waals surface area contributed by atoms with Gasteiger partial charge < -0.3 is 9.32 Å². The maximum Gasteiger partial charge on any atom is 0.421 e. The second-order valence-electron chi connectivity index (χ2n) is 6.11. The molecule has 0 saturated carbocycles. The molecule has 1 aliphatic heterocycles. The van der Waals surface area contributed by atoms with E-state index >= 15 is 0 Å². The molecule has 5 nitrogen and oxygen atoms in total. The lowest BCUT2D eigenvalue weighted by Crippen LogP contribution is -2.47. The van der Waals surface area contributed by atoms with Crippen LogP contribution >= 0.6 is 11.6 Å². The van der Waals surface area contributed by atoms with Gasteiger partial charge in [0.25, 0.3) is 0 Å². The van der Waals surface area contributed by atoms with E-state index in [1.165, 1.54) is 6.07 Å². The number of piperazine rings is 1. The average molecular weight is 362 g/mol. The van der Waals surface area contributed by atoms with Gasteiger partial charge in [0.2, 0.25) is 0 Å². The normalized spacial score (nSPS) is 15.8. The zero-order chi connectivity index (χ0) is 17.4. The molecule has 0 radical (unpaired) electrons. The number of halogens is 2. The topological polar surface area (TPSA) is 41.6 Å². The highest BCUT2D eigenvalue weighted by Crippen LogP contribution is 2.21. The molecule has 1 saturated heterocycles. The van der Waals surface area contributed by atoms with Crippen molar-refractivity contribution in [2.45, 2.75) is 6.67 Å². The van der Waals surface area contributed by atoms with Crippen molar-refractivity contribution in [2.75, 3.05) is 31.1 Å². The first-order chi connectivity index (χ1) is 12.1. The zero-order valence-electron chi connectivity index (χ0n) is 13.5. The Morgan fingerprint density at radius 2 is 1.84 bits per heavy atom. The second kappa shape index (κ2) is 6.54. The van der Waals surface area contributed by atoms with Gasteiger partial charge in [-0.25, -0.2) is 9.18 Å². The third-order valence-corrected chi connectivity index (χ3v) is 4.77. The van der Waals surface area contributed by atoms with Crippen LogP contribution in [0.5, 0.6) is 0 Å². The lowest BCUT2D eigenvalue weighted by atomic mass is 10.2. The lowest BCUT2D eigenvalue weighted by Gasteiger charge is -2.36. The number of nitrogens with zero attached hydrogens (tertiary/aromatic N) is 3. The van der Waals surface area contributed by atoms with Crippen LogP contribution in [-0.2, 0) is 6.67 Å². The van der Waals surface area contributed by atoms with Crippen molar-refractivity contribution in [3.63, 3.8) is 0 Å². The van der Waals surface area contributed by atoms with E-state index in [9.17, 15) is 9.18 Å². The largest absolute Gasteiger partial charge is 0.421 e. The fraction of sp³-hybridized carbons (Fsp3) is 0.278. The molecule has 0 spiro atoms. The minimum absolute atomic E-state index is 0.204. The van der Waals surface area contributed by atoms with Crippen molar-refractivity contribution in [2.24, 2.45) is 0 Å². The molecule has 3 aromatic rings. The highest BCUT2D eigenvalue weighted by atomic mass is 35.5. The molecule has 0 bridgehead atoms. The molecule has 2 aromatic carbocycles. The number of anilines is 1. The van der Waals surface area contributed by atoms with Gasteiger partial charge in [-0.3, -0.25) is 9.47 Å². The number of hydrogen-bond donors (Lipinski definition) is 0. The van der Waals surface area contributed by atoms with E-state index in [4.69, 9.17) is 16.0 Å². The Bertz CT molecular complexity index is 960. The first kappa shape index (κ1) is 16.2. The first-order valence-corrected chi connectivity index (χ1v) is 8.50. The number of para-hydroxylation sites is 1. The minimum atomic E-state index is -0.395. The van der Waals surface area contributed by atoms with Gasteiger partial charge in [0.1, 0.15) is 5.82 Å². The molecule has 7 heteroatoms. The van der Waals surface area contributed by atoms with Crippen molar-refractivity contribution in [1.29, 1.82) is 0 Å². The molecule has 1 aliphatic rings. The predicted octanol–water partition coefficient (Wildman–Crippen LogP) is 3.17. The SMILES string of the molecule is O=c1oc2cc(Cl)ccc2n1CN1CCN(c2ccccc2F)CC1. The van der Waals surface area contributed by atoms with Crippen LogP contribution in [0.2, 0.25) is 5.02 Å². The Hall–Kier alpha value is -2.31. The minimum Gasteiger partial charge on any atom is -0.408 e. The van der Waals surface area contributed by atoms with Crippen LogP contribution in [-0.4, -0.2) is 35.6 Å². The molecule has 0 amide bonds. The van der Waals surface area contributed by atoms with Gasteiger partial charge in [-0.1, -0.05) is 23.7 Å². The van der Waals surface area contributed by atoms with Gasteiger partial charge in [0, 0.05) is 37.3 Å². The average Bonchev–Trinajstić information content (AvgIpc) is 2.91. The van der Waals surface area contributed by atoms with Crippen LogP contribution in [0.4, 0.5) is 10.1 Å². The summed E-state index contributed by atoms with van der Waals surface area (Å²) in [6, 6.07) is 12.0. The van der Waals surface area contributed by atoms with E-state index < -0.39 is 5.76 Å². The number of rotatable bonds is 3. The van der Waals surface area contributed by atoms with Gasteiger partial charge >= 0.3 is 5.76 Å². The Labute approximate surface area is 148 Å². The van der Waals surface area contributed by atoms with E-state index in [1.807, 2.05) is 11.0 Å². The number of hydrogen-bond acceptors (Lipinski definition) is 4. The number of oxazole rings is 1. The quantitative estimate of drug-likeness (QED) is 0.718. The van der Waals surface area contributed by atoms with E-state index in [0.717, 1.165) is 18.6 Å². The molecule has 4 rings (SSSR count). The van der Waals surface area contributed by atoms with Crippen LogP contribution in [0.15, 0.2) is 51.7 Å². The summed E-state index contributed by atoms with van der Waals surface area (Å²) in [5.74, 6) is -0.598. The zero-order valence-corrected chi connectivity index (χ0v) is 14.2. The molecular weight excluding hydrogens is 345 g/mol. The fourth-order valence-corrected chi connectivity index (χ4v) is 3.37. The summed E-state index contributed by atoms with van der Waals surface area (Å²) in [5.41, 5.74) is 1.84. The van der Waals surface area contributed by atoms with Crippen LogP contribution in [0.25, 0.3) is 11.1 Å². The summed E-state index contributed by atoms with van der Waals surface area (Å²) < 4.78 is 20.8. The molecule has 1 aromatic heterocycles. The summed E-state index contributed by atoms with van der Waals surface area (Å²) >= 11 is 5.94. The standard InChI is InChI=1S/C18H17ClFN3O2/c19-13-5-6-16-17(11-13)25-18(24)23(16)12-21-7-9-22(10-8-21)15-4-2-1-3-14(15)20/h1-6,11H,7-10,12H2. The molecule has 2 heterocycles. The number of benzene rings is 2. The Kier molecular flexibility index (Phi) is 4.23. The molecule has 0 unspecified atom stereocenters.